The molecular formula is C24H19N5O2S. The smallest absolute Gasteiger partial charge is 0.274 e. The maximum Gasteiger partial charge on any atom is 0.274 e. The van der Waals surface area contributed by atoms with Crippen LogP contribution >= 0.6 is 11.3 Å². The van der Waals surface area contributed by atoms with Crippen LogP contribution < -0.4 is 10.8 Å². The molecule has 3 N–H and O–H groups in total. The van der Waals surface area contributed by atoms with Gasteiger partial charge >= 0.3 is 0 Å². The van der Waals surface area contributed by atoms with E-state index in [-0.39, 0.29) is 0 Å². The number of hydrogen-bond donors (Lipinski definition) is 3. The summed E-state index contributed by atoms with van der Waals surface area (Å²) in [5, 5.41) is 18.1. The Labute approximate surface area is 187 Å². The fourth-order valence-corrected chi connectivity index (χ4v) is 4.41. The van der Waals surface area contributed by atoms with Crippen LogP contribution in [-0.4, -0.2) is 25.9 Å². The number of amides is 1. The number of aromatic nitrogens is 3. The number of hydroxylamine groups is 1. The van der Waals surface area contributed by atoms with Crippen molar-refractivity contribution in [1.29, 1.82) is 0 Å². The number of nitrogens with zero attached hydrogens (tertiary/aromatic N) is 3. The van der Waals surface area contributed by atoms with Crippen LogP contribution in [0.25, 0.3) is 26.5 Å². The van der Waals surface area contributed by atoms with Crippen molar-refractivity contribution in [3.05, 3.63) is 96.3 Å². The van der Waals surface area contributed by atoms with Crippen LogP contribution in [0.15, 0.2) is 84.9 Å². The maximum atomic E-state index is 11.5. The highest BCUT2D eigenvalue weighted by Crippen LogP contribution is 2.32. The second-order valence-electron chi connectivity index (χ2n) is 7.12. The van der Waals surface area contributed by atoms with Crippen LogP contribution in [0.4, 0.5) is 5.69 Å². The van der Waals surface area contributed by atoms with Crippen molar-refractivity contribution in [2.45, 2.75) is 6.54 Å². The first-order valence-corrected chi connectivity index (χ1v) is 10.8. The van der Waals surface area contributed by atoms with Gasteiger partial charge in [0.05, 0.1) is 17.1 Å². The van der Waals surface area contributed by atoms with Crippen molar-refractivity contribution in [3.63, 3.8) is 0 Å². The van der Waals surface area contributed by atoms with Crippen LogP contribution in [0.2, 0.25) is 0 Å². The maximum absolute atomic E-state index is 11.5. The Balaban J connectivity index is 1.46. The van der Waals surface area contributed by atoms with E-state index in [4.69, 9.17) is 15.3 Å². The molecule has 0 spiro atoms. The summed E-state index contributed by atoms with van der Waals surface area (Å²) in [4.78, 5) is 17.3. The lowest BCUT2D eigenvalue weighted by molar-refractivity contribution is 0.0706. The quantitative estimate of drug-likeness (QED) is 0.258. The molecule has 5 aromatic rings. The van der Waals surface area contributed by atoms with Crippen LogP contribution in [0, 0.1) is 0 Å². The summed E-state index contributed by atoms with van der Waals surface area (Å²) in [7, 11) is 0. The standard InChI is InChI=1S/C24H19N5O2S/c30-24(28-31)16-10-12-18(13-11-16)25-15-22-26-23(27-29(22)19-7-2-1-3-8-19)21-14-17-6-4-5-9-20(17)32-21/h1-14,25,31H,15H2,(H,28,30). The molecule has 32 heavy (non-hydrogen) atoms. The number of anilines is 1. The summed E-state index contributed by atoms with van der Waals surface area (Å²) in [6.07, 6.45) is 0. The molecule has 0 radical (unpaired) electrons. The highest BCUT2D eigenvalue weighted by atomic mass is 32.1. The van der Waals surface area contributed by atoms with E-state index < -0.39 is 5.91 Å². The Morgan fingerprint density at radius 2 is 1.72 bits per heavy atom. The van der Waals surface area contributed by atoms with Crippen molar-refractivity contribution < 1.29 is 10.0 Å². The van der Waals surface area contributed by atoms with Crippen molar-refractivity contribution in [2.75, 3.05) is 5.32 Å². The molecule has 8 heteroatoms. The van der Waals surface area contributed by atoms with Gasteiger partial charge in [0.1, 0.15) is 0 Å². The molecule has 0 aliphatic heterocycles. The van der Waals surface area contributed by atoms with E-state index in [1.807, 2.05) is 47.1 Å². The number of rotatable bonds is 6. The van der Waals surface area contributed by atoms with Crippen LogP contribution in [0.5, 0.6) is 0 Å². The Bertz CT molecular complexity index is 1340. The van der Waals surface area contributed by atoms with Gasteiger partial charge in [0.15, 0.2) is 11.6 Å². The van der Waals surface area contributed by atoms with Gasteiger partial charge in [-0.1, -0.05) is 36.4 Å². The third kappa shape index (κ3) is 3.96. The molecule has 0 fully saturated rings. The minimum absolute atomic E-state index is 0.373. The molecule has 158 valence electrons. The zero-order valence-corrected chi connectivity index (χ0v) is 17.7. The molecule has 0 saturated heterocycles. The number of fused-ring (bicyclic) bond motifs is 1. The normalized spacial score (nSPS) is 10.9. The number of hydrogen-bond acceptors (Lipinski definition) is 6. The Kier molecular flexibility index (Phi) is 5.37. The second kappa shape index (κ2) is 8.62. The van der Waals surface area contributed by atoms with Gasteiger partial charge in [-0.05, 0) is 53.9 Å². The summed E-state index contributed by atoms with van der Waals surface area (Å²) >= 11 is 1.67. The van der Waals surface area contributed by atoms with E-state index in [0.29, 0.717) is 17.9 Å². The molecule has 0 unspecified atom stereocenters. The van der Waals surface area contributed by atoms with Gasteiger partial charge in [0.25, 0.3) is 5.91 Å². The average Bonchev–Trinajstić information content (AvgIpc) is 3.47. The first-order chi connectivity index (χ1) is 15.7. The third-order valence-electron chi connectivity index (χ3n) is 5.02. The lowest BCUT2D eigenvalue weighted by Crippen LogP contribution is -2.18. The summed E-state index contributed by atoms with van der Waals surface area (Å²) in [5.41, 5.74) is 3.76. The summed E-state index contributed by atoms with van der Waals surface area (Å²) in [5.74, 6) is 0.899. The number of carbonyl (C=O) groups is 1. The molecule has 1 amide bonds. The predicted octanol–water partition coefficient (Wildman–Crippen LogP) is 4.88. The highest BCUT2D eigenvalue weighted by Gasteiger charge is 2.15. The van der Waals surface area contributed by atoms with Crippen LogP contribution in [0.3, 0.4) is 0 Å². The number of nitrogens with one attached hydrogen (secondary N) is 2. The number of benzene rings is 3. The Morgan fingerprint density at radius 1 is 0.969 bits per heavy atom. The number of carbonyl (C=O) groups excluding carboxylic acids is 1. The van der Waals surface area contributed by atoms with Gasteiger partial charge in [0.2, 0.25) is 0 Å². The summed E-state index contributed by atoms with van der Waals surface area (Å²) < 4.78 is 3.05. The molecule has 2 aromatic heterocycles. The van der Waals surface area contributed by atoms with Gasteiger partial charge in [-0.3, -0.25) is 10.0 Å². The Hall–Kier alpha value is -4.01. The van der Waals surface area contributed by atoms with E-state index in [1.54, 1.807) is 41.1 Å². The average molecular weight is 442 g/mol. The van der Waals surface area contributed by atoms with Gasteiger partial charge < -0.3 is 5.32 Å². The minimum atomic E-state index is -0.548. The topological polar surface area (TPSA) is 92.1 Å². The van der Waals surface area contributed by atoms with Gasteiger partial charge in [-0.2, -0.15) is 0 Å². The monoisotopic (exact) mass is 441 g/mol. The fraction of sp³-hybridized carbons (Fsp3) is 0.0417. The Morgan fingerprint density at radius 3 is 2.47 bits per heavy atom. The van der Waals surface area contributed by atoms with Gasteiger partial charge in [-0.25, -0.2) is 15.1 Å². The highest BCUT2D eigenvalue weighted by molar-refractivity contribution is 7.22. The third-order valence-corrected chi connectivity index (χ3v) is 6.13. The van der Waals surface area contributed by atoms with E-state index in [1.165, 1.54) is 10.1 Å². The van der Waals surface area contributed by atoms with Gasteiger partial charge in [-0.15, -0.1) is 16.4 Å². The number of thiophene rings is 1. The van der Waals surface area contributed by atoms with E-state index in [2.05, 4.69) is 23.5 Å². The lowest BCUT2D eigenvalue weighted by Gasteiger charge is -2.08. The second-order valence-corrected chi connectivity index (χ2v) is 8.20. The van der Waals surface area contributed by atoms with E-state index >= 15 is 0 Å². The van der Waals surface area contributed by atoms with Crippen LogP contribution in [-0.2, 0) is 6.54 Å². The van der Waals surface area contributed by atoms with Crippen molar-refractivity contribution in [3.8, 4) is 16.4 Å². The fourth-order valence-electron chi connectivity index (χ4n) is 3.42. The predicted molar refractivity (Wildman–Crippen MR) is 125 cm³/mol. The molecule has 7 nitrogen and oxygen atoms in total. The SMILES string of the molecule is O=C(NO)c1ccc(NCc2nc(-c3cc4ccccc4s3)nn2-c2ccccc2)cc1. The van der Waals surface area contributed by atoms with Gasteiger partial charge in [0, 0.05) is 16.0 Å². The van der Waals surface area contributed by atoms with E-state index in [9.17, 15) is 4.79 Å². The number of para-hydroxylation sites is 1. The lowest BCUT2D eigenvalue weighted by atomic mass is 10.2. The molecule has 0 bridgehead atoms. The van der Waals surface area contributed by atoms with Crippen molar-refractivity contribution in [1.82, 2.24) is 20.2 Å². The minimum Gasteiger partial charge on any atom is -0.378 e. The molecule has 0 atom stereocenters. The molecule has 2 heterocycles. The van der Waals surface area contributed by atoms with Crippen molar-refractivity contribution >= 4 is 33.0 Å². The molecule has 3 aromatic carbocycles. The van der Waals surface area contributed by atoms with E-state index in [0.717, 1.165) is 22.1 Å². The molecular weight excluding hydrogens is 422 g/mol. The molecule has 0 aliphatic rings. The van der Waals surface area contributed by atoms with Crippen molar-refractivity contribution in [2.24, 2.45) is 0 Å². The molecule has 0 saturated carbocycles. The largest absolute Gasteiger partial charge is 0.378 e. The molecule has 5 rings (SSSR count). The zero-order valence-electron chi connectivity index (χ0n) is 16.9. The first-order valence-electron chi connectivity index (χ1n) is 10.00. The van der Waals surface area contributed by atoms with Crippen LogP contribution in [0.1, 0.15) is 16.2 Å². The first kappa shape index (κ1) is 19.9. The molecule has 0 aliphatic carbocycles. The summed E-state index contributed by atoms with van der Waals surface area (Å²) in [6, 6.07) is 27.1. The zero-order chi connectivity index (χ0) is 21.9. The summed E-state index contributed by atoms with van der Waals surface area (Å²) in [6.45, 7) is 0.443.